The van der Waals surface area contributed by atoms with Gasteiger partial charge in [0.1, 0.15) is 0 Å². The SMILES string of the molecule is CC(C)CCNC(=O)CNC(=O)c1ccc(F)c(F)c1. The Morgan fingerprint density at radius 3 is 2.45 bits per heavy atom. The second-order valence-electron chi connectivity index (χ2n) is 4.84. The van der Waals surface area contributed by atoms with Crippen molar-refractivity contribution in [2.45, 2.75) is 20.3 Å². The zero-order valence-electron chi connectivity index (χ0n) is 11.5. The number of carbonyl (C=O) groups excluding carboxylic acids is 2. The molecule has 1 rings (SSSR count). The van der Waals surface area contributed by atoms with Crippen molar-refractivity contribution in [2.24, 2.45) is 5.92 Å². The Bertz CT molecular complexity index is 490. The van der Waals surface area contributed by atoms with Crippen molar-refractivity contribution >= 4 is 11.8 Å². The fraction of sp³-hybridized carbons (Fsp3) is 0.429. The van der Waals surface area contributed by atoms with Gasteiger partial charge in [-0.2, -0.15) is 0 Å². The molecule has 0 fully saturated rings. The van der Waals surface area contributed by atoms with E-state index in [2.05, 4.69) is 10.6 Å². The second-order valence-corrected chi connectivity index (χ2v) is 4.84. The quantitative estimate of drug-likeness (QED) is 0.837. The summed E-state index contributed by atoms with van der Waals surface area (Å²) in [7, 11) is 0. The van der Waals surface area contributed by atoms with Crippen LogP contribution in [0.5, 0.6) is 0 Å². The van der Waals surface area contributed by atoms with Crippen LogP contribution in [0.2, 0.25) is 0 Å². The highest BCUT2D eigenvalue weighted by Crippen LogP contribution is 2.08. The molecule has 0 aliphatic rings. The van der Waals surface area contributed by atoms with Crippen molar-refractivity contribution in [1.82, 2.24) is 10.6 Å². The molecule has 0 radical (unpaired) electrons. The van der Waals surface area contributed by atoms with Gasteiger partial charge in [-0.05, 0) is 30.5 Å². The minimum atomic E-state index is -1.10. The monoisotopic (exact) mass is 284 g/mol. The number of hydrogen-bond donors (Lipinski definition) is 2. The van der Waals surface area contributed by atoms with Gasteiger partial charge in [0.2, 0.25) is 5.91 Å². The van der Waals surface area contributed by atoms with Crippen molar-refractivity contribution < 1.29 is 18.4 Å². The molecule has 20 heavy (non-hydrogen) atoms. The van der Waals surface area contributed by atoms with Crippen molar-refractivity contribution in [3.05, 3.63) is 35.4 Å². The number of nitrogens with one attached hydrogen (secondary N) is 2. The first-order valence-electron chi connectivity index (χ1n) is 6.40. The Morgan fingerprint density at radius 1 is 1.15 bits per heavy atom. The highest BCUT2D eigenvalue weighted by Gasteiger charge is 2.10. The highest BCUT2D eigenvalue weighted by atomic mass is 19.2. The molecule has 1 aromatic rings. The second kappa shape index (κ2) is 7.57. The smallest absolute Gasteiger partial charge is 0.251 e. The molecule has 2 amide bonds. The van der Waals surface area contributed by atoms with Crippen molar-refractivity contribution in [3.63, 3.8) is 0 Å². The van der Waals surface area contributed by atoms with Crippen LogP contribution in [-0.2, 0) is 4.79 Å². The summed E-state index contributed by atoms with van der Waals surface area (Å²) < 4.78 is 25.7. The zero-order valence-corrected chi connectivity index (χ0v) is 11.5. The third kappa shape index (κ3) is 5.34. The predicted molar refractivity (Wildman–Crippen MR) is 71.2 cm³/mol. The number of hydrogen-bond acceptors (Lipinski definition) is 2. The van der Waals surface area contributed by atoms with Crippen LogP contribution < -0.4 is 10.6 Å². The van der Waals surface area contributed by atoms with Crippen LogP contribution in [0.15, 0.2) is 18.2 Å². The van der Waals surface area contributed by atoms with Crippen LogP contribution in [0.4, 0.5) is 8.78 Å². The number of carbonyl (C=O) groups is 2. The van der Waals surface area contributed by atoms with Crippen molar-refractivity contribution in [1.29, 1.82) is 0 Å². The normalized spacial score (nSPS) is 10.4. The van der Waals surface area contributed by atoms with Gasteiger partial charge in [0, 0.05) is 12.1 Å². The maximum absolute atomic E-state index is 12.9. The summed E-state index contributed by atoms with van der Waals surface area (Å²) in [6, 6.07) is 2.82. The molecular weight excluding hydrogens is 266 g/mol. The third-order valence-corrected chi connectivity index (χ3v) is 2.64. The average Bonchev–Trinajstić information content (AvgIpc) is 2.38. The van der Waals surface area contributed by atoms with E-state index in [1.807, 2.05) is 13.8 Å². The summed E-state index contributed by atoms with van der Waals surface area (Å²) >= 11 is 0. The molecule has 0 bridgehead atoms. The summed E-state index contributed by atoms with van der Waals surface area (Å²) in [4.78, 5) is 23.0. The van der Waals surface area contributed by atoms with E-state index in [-0.39, 0.29) is 18.0 Å². The number of benzene rings is 1. The Kier molecular flexibility index (Phi) is 6.09. The molecule has 0 heterocycles. The summed E-state index contributed by atoms with van der Waals surface area (Å²) in [5, 5.41) is 5.00. The van der Waals surface area contributed by atoms with Gasteiger partial charge in [-0.3, -0.25) is 9.59 Å². The maximum Gasteiger partial charge on any atom is 0.251 e. The number of rotatable bonds is 6. The van der Waals surface area contributed by atoms with Crippen LogP contribution in [-0.4, -0.2) is 24.9 Å². The van der Waals surface area contributed by atoms with E-state index in [0.29, 0.717) is 12.5 Å². The van der Waals surface area contributed by atoms with Gasteiger partial charge in [-0.1, -0.05) is 13.8 Å². The van der Waals surface area contributed by atoms with E-state index in [1.165, 1.54) is 0 Å². The van der Waals surface area contributed by atoms with Gasteiger partial charge in [0.15, 0.2) is 11.6 Å². The highest BCUT2D eigenvalue weighted by molar-refractivity contribution is 5.96. The van der Waals surface area contributed by atoms with Crippen LogP contribution in [0.1, 0.15) is 30.6 Å². The lowest BCUT2D eigenvalue weighted by atomic mass is 10.1. The summed E-state index contributed by atoms with van der Waals surface area (Å²) in [5.74, 6) is -2.58. The first kappa shape index (κ1) is 16.1. The Morgan fingerprint density at radius 2 is 1.85 bits per heavy atom. The van der Waals surface area contributed by atoms with Gasteiger partial charge < -0.3 is 10.6 Å². The minimum absolute atomic E-state index is 0.0288. The number of halogens is 2. The largest absolute Gasteiger partial charge is 0.355 e. The molecule has 0 spiro atoms. The molecule has 0 atom stereocenters. The molecule has 0 aromatic heterocycles. The van der Waals surface area contributed by atoms with Gasteiger partial charge >= 0.3 is 0 Å². The first-order chi connectivity index (χ1) is 9.40. The van der Waals surface area contributed by atoms with Gasteiger partial charge in [0.25, 0.3) is 5.91 Å². The Balaban J connectivity index is 2.39. The molecule has 0 saturated heterocycles. The maximum atomic E-state index is 12.9. The summed E-state index contributed by atoms with van der Waals surface area (Å²) in [5.41, 5.74) is -0.0288. The standard InChI is InChI=1S/C14H18F2N2O2/c1-9(2)5-6-17-13(19)8-18-14(20)10-3-4-11(15)12(16)7-10/h3-4,7,9H,5-6,8H2,1-2H3,(H,17,19)(H,18,20). The molecule has 2 N–H and O–H groups in total. The van der Waals surface area contributed by atoms with E-state index in [4.69, 9.17) is 0 Å². The lowest BCUT2D eigenvalue weighted by molar-refractivity contribution is -0.120. The fourth-order valence-corrected chi connectivity index (χ4v) is 1.46. The number of amides is 2. The summed E-state index contributed by atoms with van der Waals surface area (Å²) in [6.45, 7) is 4.42. The molecule has 0 unspecified atom stereocenters. The zero-order chi connectivity index (χ0) is 15.1. The van der Waals surface area contributed by atoms with Crippen LogP contribution in [0.3, 0.4) is 0 Å². The van der Waals surface area contributed by atoms with Crippen LogP contribution in [0.25, 0.3) is 0 Å². The third-order valence-electron chi connectivity index (χ3n) is 2.64. The molecule has 6 heteroatoms. The molecule has 0 aliphatic heterocycles. The average molecular weight is 284 g/mol. The lowest BCUT2D eigenvalue weighted by Crippen LogP contribution is -2.37. The summed E-state index contributed by atoms with van der Waals surface area (Å²) in [6.07, 6.45) is 0.850. The topological polar surface area (TPSA) is 58.2 Å². The predicted octanol–water partition coefficient (Wildman–Crippen LogP) is 1.86. The Labute approximate surface area is 116 Å². The molecule has 4 nitrogen and oxygen atoms in total. The molecule has 1 aromatic carbocycles. The minimum Gasteiger partial charge on any atom is -0.355 e. The van der Waals surface area contributed by atoms with E-state index >= 15 is 0 Å². The van der Waals surface area contributed by atoms with E-state index in [9.17, 15) is 18.4 Å². The van der Waals surface area contributed by atoms with E-state index < -0.39 is 17.5 Å². The Hall–Kier alpha value is -1.98. The molecule has 0 saturated carbocycles. The van der Waals surface area contributed by atoms with Gasteiger partial charge in [0.05, 0.1) is 6.54 Å². The van der Waals surface area contributed by atoms with Gasteiger partial charge in [-0.25, -0.2) is 8.78 Å². The van der Waals surface area contributed by atoms with Crippen LogP contribution in [0, 0.1) is 17.6 Å². The van der Waals surface area contributed by atoms with Crippen molar-refractivity contribution in [3.8, 4) is 0 Å². The molecule has 110 valence electrons. The van der Waals surface area contributed by atoms with E-state index in [1.54, 1.807) is 0 Å². The van der Waals surface area contributed by atoms with Gasteiger partial charge in [-0.15, -0.1) is 0 Å². The molecule has 0 aliphatic carbocycles. The van der Waals surface area contributed by atoms with Crippen molar-refractivity contribution in [2.75, 3.05) is 13.1 Å². The molecular formula is C14H18F2N2O2. The fourth-order valence-electron chi connectivity index (χ4n) is 1.46. The van der Waals surface area contributed by atoms with E-state index in [0.717, 1.165) is 24.6 Å². The van der Waals surface area contributed by atoms with Crippen LogP contribution >= 0.6 is 0 Å². The lowest BCUT2D eigenvalue weighted by Gasteiger charge is -2.08. The first-order valence-corrected chi connectivity index (χ1v) is 6.40.